The summed E-state index contributed by atoms with van der Waals surface area (Å²) in [5.74, 6) is -0.575. The first-order valence-electron chi connectivity index (χ1n) is 6.98. The molecular weight excluding hydrogens is 275 g/mol. The molecule has 0 spiro atoms. The Hall–Kier alpha value is -1.48. The Kier molecular flexibility index (Phi) is 5.48. The molecular formula is C16H18ClFN2. The zero-order valence-electron chi connectivity index (χ0n) is 11.6. The maximum atomic E-state index is 13.0. The number of aryl methyl sites for hydroxylation is 1. The minimum atomic E-state index is -0.575. The first kappa shape index (κ1) is 14.9. The third-order valence-corrected chi connectivity index (χ3v) is 3.52. The van der Waals surface area contributed by atoms with Crippen molar-refractivity contribution in [1.82, 2.24) is 9.97 Å². The fourth-order valence-electron chi connectivity index (χ4n) is 2.14. The first-order chi connectivity index (χ1) is 9.70. The molecule has 20 heavy (non-hydrogen) atoms. The zero-order valence-corrected chi connectivity index (χ0v) is 12.3. The van der Waals surface area contributed by atoms with E-state index in [4.69, 9.17) is 11.6 Å². The SMILES string of the molecule is CCCCCCc1ccnc(-c2ccc(F)nc2Cl)c1. The summed E-state index contributed by atoms with van der Waals surface area (Å²) in [5.41, 5.74) is 2.64. The number of aromatic nitrogens is 2. The molecule has 0 unspecified atom stereocenters. The Balaban J connectivity index is 2.12. The molecule has 0 radical (unpaired) electrons. The Morgan fingerprint density at radius 1 is 1.15 bits per heavy atom. The molecule has 2 aromatic heterocycles. The van der Waals surface area contributed by atoms with Crippen LogP contribution >= 0.6 is 11.6 Å². The van der Waals surface area contributed by atoms with Crippen molar-refractivity contribution in [3.63, 3.8) is 0 Å². The van der Waals surface area contributed by atoms with Gasteiger partial charge >= 0.3 is 0 Å². The molecule has 4 heteroatoms. The second-order valence-electron chi connectivity index (χ2n) is 4.83. The van der Waals surface area contributed by atoms with E-state index in [-0.39, 0.29) is 5.15 Å². The summed E-state index contributed by atoms with van der Waals surface area (Å²) in [5, 5.41) is 0.153. The van der Waals surface area contributed by atoms with Gasteiger partial charge in [0.2, 0.25) is 5.95 Å². The number of rotatable bonds is 6. The average molecular weight is 293 g/mol. The standard InChI is InChI=1S/C16H18ClFN2/c1-2-3-4-5-6-12-9-10-19-14(11-12)13-7-8-15(18)20-16(13)17/h7-11H,2-6H2,1H3. The van der Waals surface area contributed by atoms with Crippen molar-refractivity contribution in [1.29, 1.82) is 0 Å². The van der Waals surface area contributed by atoms with Crippen LogP contribution < -0.4 is 0 Å². The number of halogens is 2. The van der Waals surface area contributed by atoms with Crippen molar-refractivity contribution >= 4 is 11.6 Å². The summed E-state index contributed by atoms with van der Waals surface area (Å²) in [7, 11) is 0. The fraction of sp³-hybridized carbons (Fsp3) is 0.375. The van der Waals surface area contributed by atoms with Gasteiger partial charge in [-0.1, -0.05) is 37.8 Å². The molecule has 2 aromatic rings. The monoisotopic (exact) mass is 292 g/mol. The van der Waals surface area contributed by atoms with E-state index in [2.05, 4.69) is 16.9 Å². The molecule has 2 rings (SSSR count). The van der Waals surface area contributed by atoms with Gasteiger partial charge in [-0.05, 0) is 42.7 Å². The van der Waals surface area contributed by atoms with Crippen LogP contribution in [-0.2, 0) is 6.42 Å². The molecule has 0 atom stereocenters. The highest BCUT2D eigenvalue weighted by Gasteiger charge is 2.08. The van der Waals surface area contributed by atoms with Crippen molar-refractivity contribution in [3.8, 4) is 11.3 Å². The third-order valence-electron chi connectivity index (χ3n) is 3.23. The highest BCUT2D eigenvalue weighted by molar-refractivity contribution is 6.32. The Morgan fingerprint density at radius 3 is 2.75 bits per heavy atom. The Bertz CT molecular complexity index is 572. The van der Waals surface area contributed by atoms with Gasteiger partial charge in [0.05, 0.1) is 5.69 Å². The molecule has 0 saturated heterocycles. The van der Waals surface area contributed by atoms with E-state index in [1.165, 1.54) is 37.3 Å². The molecule has 0 N–H and O–H groups in total. The smallest absolute Gasteiger partial charge is 0.214 e. The summed E-state index contributed by atoms with van der Waals surface area (Å²) in [6, 6.07) is 6.94. The van der Waals surface area contributed by atoms with Gasteiger partial charge in [0.1, 0.15) is 5.15 Å². The van der Waals surface area contributed by atoms with Crippen molar-refractivity contribution in [3.05, 3.63) is 47.1 Å². The summed E-state index contributed by atoms with van der Waals surface area (Å²) in [6.07, 6.45) is 7.72. The quantitative estimate of drug-likeness (QED) is 0.549. The van der Waals surface area contributed by atoms with Crippen LogP contribution in [0.1, 0.15) is 38.2 Å². The topological polar surface area (TPSA) is 25.8 Å². The number of hydrogen-bond donors (Lipinski definition) is 0. The molecule has 0 aliphatic heterocycles. The van der Waals surface area contributed by atoms with E-state index < -0.39 is 5.95 Å². The van der Waals surface area contributed by atoms with Crippen LogP contribution in [0, 0.1) is 5.95 Å². The van der Waals surface area contributed by atoms with Gasteiger partial charge in [0.15, 0.2) is 0 Å². The lowest BCUT2D eigenvalue weighted by atomic mass is 10.0. The van der Waals surface area contributed by atoms with Gasteiger partial charge in [-0.3, -0.25) is 4.98 Å². The van der Waals surface area contributed by atoms with E-state index in [1.54, 1.807) is 12.3 Å². The van der Waals surface area contributed by atoms with E-state index in [1.807, 2.05) is 12.1 Å². The number of unbranched alkanes of at least 4 members (excludes halogenated alkanes) is 3. The van der Waals surface area contributed by atoms with E-state index >= 15 is 0 Å². The van der Waals surface area contributed by atoms with Crippen LogP contribution in [0.15, 0.2) is 30.5 Å². The minimum Gasteiger partial charge on any atom is -0.256 e. The van der Waals surface area contributed by atoms with Crippen molar-refractivity contribution in [2.45, 2.75) is 39.0 Å². The van der Waals surface area contributed by atoms with Crippen LogP contribution in [0.3, 0.4) is 0 Å². The molecule has 0 saturated carbocycles. The summed E-state index contributed by atoms with van der Waals surface area (Å²) in [6.45, 7) is 2.20. The van der Waals surface area contributed by atoms with Crippen molar-refractivity contribution < 1.29 is 4.39 Å². The minimum absolute atomic E-state index is 0.153. The van der Waals surface area contributed by atoms with Gasteiger partial charge in [-0.2, -0.15) is 4.39 Å². The van der Waals surface area contributed by atoms with Crippen LogP contribution in [0.25, 0.3) is 11.3 Å². The first-order valence-corrected chi connectivity index (χ1v) is 7.36. The zero-order chi connectivity index (χ0) is 14.4. The molecule has 0 aromatic carbocycles. The average Bonchev–Trinajstić information content (AvgIpc) is 2.44. The molecule has 0 aliphatic rings. The predicted molar refractivity (Wildman–Crippen MR) is 80.3 cm³/mol. The molecule has 106 valence electrons. The van der Waals surface area contributed by atoms with Gasteiger partial charge in [0, 0.05) is 11.8 Å². The molecule has 0 bridgehead atoms. The van der Waals surface area contributed by atoms with Crippen LogP contribution in [0.5, 0.6) is 0 Å². The predicted octanol–water partition coefficient (Wildman–Crippen LogP) is 5.06. The highest BCUT2D eigenvalue weighted by atomic mass is 35.5. The second kappa shape index (κ2) is 7.34. The van der Waals surface area contributed by atoms with Crippen molar-refractivity contribution in [2.24, 2.45) is 0 Å². The summed E-state index contributed by atoms with van der Waals surface area (Å²) >= 11 is 5.97. The van der Waals surface area contributed by atoms with Gasteiger partial charge in [-0.15, -0.1) is 0 Å². The van der Waals surface area contributed by atoms with E-state index in [9.17, 15) is 4.39 Å². The Labute approximate surface area is 124 Å². The van der Waals surface area contributed by atoms with Crippen LogP contribution in [-0.4, -0.2) is 9.97 Å². The summed E-state index contributed by atoms with van der Waals surface area (Å²) in [4.78, 5) is 7.92. The van der Waals surface area contributed by atoms with Gasteiger partial charge < -0.3 is 0 Å². The Morgan fingerprint density at radius 2 is 2.00 bits per heavy atom. The maximum absolute atomic E-state index is 13.0. The lowest BCUT2D eigenvalue weighted by Gasteiger charge is -2.06. The van der Waals surface area contributed by atoms with Crippen LogP contribution in [0.4, 0.5) is 4.39 Å². The maximum Gasteiger partial charge on any atom is 0.214 e. The number of hydrogen-bond acceptors (Lipinski definition) is 2. The molecule has 0 aliphatic carbocycles. The van der Waals surface area contributed by atoms with Gasteiger partial charge in [0.25, 0.3) is 0 Å². The second-order valence-corrected chi connectivity index (χ2v) is 5.19. The molecule has 2 heterocycles. The van der Waals surface area contributed by atoms with E-state index in [0.29, 0.717) is 5.56 Å². The lowest BCUT2D eigenvalue weighted by molar-refractivity contribution is 0.584. The number of nitrogens with zero attached hydrogens (tertiary/aromatic N) is 2. The number of pyridine rings is 2. The van der Waals surface area contributed by atoms with E-state index in [0.717, 1.165) is 12.1 Å². The summed E-state index contributed by atoms with van der Waals surface area (Å²) < 4.78 is 13.0. The lowest BCUT2D eigenvalue weighted by Crippen LogP contribution is -1.92. The third kappa shape index (κ3) is 4.01. The largest absolute Gasteiger partial charge is 0.256 e. The molecule has 0 amide bonds. The molecule has 2 nitrogen and oxygen atoms in total. The normalized spacial score (nSPS) is 10.8. The van der Waals surface area contributed by atoms with Crippen molar-refractivity contribution in [2.75, 3.05) is 0 Å². The van der Waals surface area contributed by atoms with Crippen LogP contribution in [0.2, 0.25) is 5.15 Å². The fourth-order valence-corrected chi connectivity index (χ4v) is 2.38. The van der Waals surface area contributed by atoms with Gasteiger partial charge in [-0.25, -0.2) is 4.98 Å². The molecule has 0 fully saturated rings. The highest BCUT2D eigenvalue weighted by Crippen LogP contribution is 2.25.